The van der Waals surface area contributed by atoms with Gasteiger partial charge in [-0.05, 0) is 31.9 Å². The SMILES string of the molecule is COC(CNC(=O)c1sc2nc(C)c(C)c(C)c2c1N)OC. The number of nitrogens with zero attached hydrogens (tertiary/aromatic N) is 1. The summed E-state index contributed by atoms with van der Waals surface area (Å²) >= 11 is 1.31. The molecule has 1 amide bonds. The average molecular weight is 323 g/mol. The Hall–Kier alpha value is -1.70. The molecule has 0 aliphatic carbocycles. The molecule has 0 aliphatic heterocycles. The molecule has 3 N–H and O–H groups in total. The number of nitrogens with two attached hydrogens (primary N) is 1. The van der Waals surface area contributed by atoms with Gasteiger partial charge in [0.25, 0.3) is 5.91 Å². The number of carbonyl (C=O) groups excluding carboxylic acids is 1. The van der Waals surface area contributed by atoms with Gasteiger partial charge in [-0.25, -0.2) is 4.98 Å². The molecule has 0 saturated heterocycles. The number of hydrogen-bond acceptors (Lipinski definition) is 6. The molecule has 2 aromatic heterocycles. The first-order valence-corrected chi connectivity index (χ1v) is 7.71. The van der Waals surface area contributed by atoms with E-state index < -0.39 is 6.29 Å². The smallest absolute Gasteiger partial charge is 0.263 e. The van der Waals surface area contributed by atoms with Crippen LogP contribution in [0.5, 0.6) is 0 Å². The van der Waals surface area contributed by atoms with E-state index in [1.165, 1.54) is 25.6 Å². The molecule has 22 heavy (non-hydrogen) atoms. The number of rotatable bonds is 5. The van der Waals surface area contributed by atoms with Gasteiger partial charge in [0.1, 0.15) is 9.71 Å². The molecule has 0 aliphatic rings. The first-order chi connectivity index (χ1) is 10.4. The average Bonchev–Trinajstić information content (AvgIpc) is 2.82. The highest BCUT2D eigenvalue weighted by atomic mass is 32.1. The van der Waals surface area contributed by atoms with Crippen LogP contribution in [0, 0.1) is 20.8 Å². The van der Waals surface area contributed by atoms with Crippen molar-refractivity contribution in [3.05, 3.63) is 21.7 Å². The Morgan fingerprint density at radius 1 is 1.27 bits per heavy atom. The Kier molecular flexibility index (Phi) is 5.00. The van der Waals surface area contributed by atoms with Crippen LogP contribution in [0.1, 0.15) is 26.5 Å². The van der Waals surface area contributed by atoms with Crippen molar-refractivity contribution in [2.75, 3.05) is 26.5 Å². The number of fused-ring (bicyclic) bond motifs is 1. The number of hydrogen-bond donors (Lipinski definition) is 2. The van der Waals surface area contributed by atoms with Crippen molar-refractivity contribution >= 4 is 33.1 Å². The highest BCUT2D eigenvalue weighted by Gasteiger charge is 2.20. The quantitative estimate of drug-likeness (QED) is 0.823. The van der Waals surface area contributed by atoms with Crippen LogP contribution < -0.4 is 11.1 Å². The number of methoxy groups -OCH3 is 2. The van der Waals surface area contributed by atoms with E-state index >= 15 is 0 Å². The molecule has 2 aromatic rings. The molecular weight excluding hydrogens is 302 g/mol. The number of ether oxygens (including phenoxy) is 2. The van der Waals surface area contributed by atoms with Crippen LogP contribution >= 0.6 is 11.3 Å². The molecule has 0 spiro atoms. The van der Waals surface area contributed by atoms with E-state index in [2.05, 4.69) is 10.3 Å². The van der Waals surface area contributed by atoms with Crippen molar-refractivity contribution in [2.45, 2.75) is 27.1 Å². The normalized spacial score (nSPS) is 11.4. The minimum absolute atomic E-state index is 0.241. The van der Waals surface area contributed by atoms with Crippen LogP contribution in [0.4, 0.5) is 5.69 Å². The van der Waals surface area contributed by atoms with Crippen molar-refractivity contribution in [1.82, 2.24) is 10.3 Å². The molecule has 0 saturated carbocycles. The maximum atomic E-state index is 12.3. The van der Waals surface area contributed by atoms with E-state index in [1.54, 1.807) is 0 Å². The summed E-state index contributed by atoms with van der Waals surface area (Å²) in [6, 6.07) is 0. The second-order valence-electron chi connectivity index (χ2n) is 5.08. The van der Waals surface area contributed by atoms with Gasteiger partial charge in [-0.1, -0.05) is 0 Å². The van der Waals surface area contributed by atoms with Gasteiger partial charge in [0, 0.05) is 25.3 Å². The van der Waals surface area contributed by atoms with E-state index in [-0.39, 0.29) is 12.5 Å². The number of carbonyl (C=O) groups is 1. The maximum Gasteiger partial charge on any atom is 0.263 e. The number of anilines is 1. The number of nitrogen functional groups attached to an aromatic ring is 1. The summed E-state index contributed by atoms with van der Waals surface area (Å²) in [4.78, 5) is 18.1. The minimum atomic E-state index is -0.482. The Balaban J connectivity index is 2.34. The van der Waals surface area contributed by atoms with Gasteiger partial charge < -0.3 is 20.5 Å². The van der Waals surface area contributed by atoms with Crippen molar-refractivity contribution in [2.24, 2.45) is 0 Å². The molecular formula is C15H21N3O3S. The van der Waals surface area contributed by atoms with Crippen molar-refractivity contribution in [1.29, 1.82) is 0 Å². The molecule has 0 unspecified atom stereocenters. The third-order valence-corrected chi connectivity index (χ3v) is 4.94. The van der Waals surface area contributed by atoms with Crippen molar-refractivity contribution in [3.8, 4) is 0 Å². The number of amides is 1. The third kappa shape index (κ3) is 2.92. The first kappa shape index (κ1) is 16.7. The molecule has 0 fully saturated rings. The van der Waals surface area contributed by atoms with Crippen LogP contribution in [0.15, 0.2) is 0 Å². The number of nitrogens with one attached hydrogen (secondary N) is 1. The van der Waals surface area contributed by atoms with Crippen LogP contribution in [0.3, 0.4) is 0 Å². The Morgan fingerprint density at radius 2 is 1.91 bits per heavy atom. The largest absolute Gasteiger partial charge is 0.397 e. The van der Waals surface area contributed by atoms with E-state index in [4.69, 9.17) is 15.2 Å². The van der Waals surface area contributed by atoms with Crippen LogP contribution in [-0.2, 0) is 9.47 Å². The molecule has 7 heteroatoms. The van der Waals surface area contributed by atoms with Crippen LogP contribution in [-0.4, -0.2) is 37.9 Å². The summed E-state index contributed by atoms with van der Waals surface area (Å²) in [5.74, 6) is -0.241. The zero-order valence-corrected chi connectivity index (χ0v) is 14.3. The predicted octanol–water partition coefficient (Wildman–Crippen LogP) is 2.15. The summed E-state index contributed by atoms with van der Waals surface area (Å²) in [6.07, 6.45) is -0.482. The van der Waals surface area contributed by atoms with E-state index in [0.29, 0.717) is 10.6 Å². The number of thiophene rings is 1. The summed E-state index contributed by atoms with van der Waals surface area (Å²) in [6.45, 7) is 6.22. The van der Waals surface area contributed by atoms with Gasteiger partial charge in [0.2, 0.25) is 0 Å². The zero-order valence-electron chi connectivity index (χ0n) is 13.4. The van der Waals surface area contributed by atoms with Gasteiger partial charge in [-0.2, -0.15) is 0 Å². The maximum absolute atomic E-state index is 12.3. The molecule has 2 heterocycles. The van der Waals surface area contributed by atoms with Gasteiger partial charge in [0.15, 0.2) is 6.29 Å². The van der Waals surface area contributed by atoms with Gasteiger partial charge in [0.05, 0.1) is 12.2 Å². The lowest BCUT2D eigenvalue weighted by Crippen LogP contribution is -2.34. The minimum Gasteiger partial charge on any atom is -0.397 e. The standard InChI is InChI=1S/C15H21N3O3S/c1-7-8(2)11-12(16)13(22-15(11)18-9(7)3)14(19)17-6-10(20-4)21-5/h10H,6,16H2,1-5H3,(H,17,19). The number of aryl methyl sites for hydroxylation is 2. The lowest BCUT2D eigenvalue weighted by atomic mass is 10.1. The highest BCUT2D eigenvalue weighted by molar-refractivity contribution is 7.21. The fourth-order valence-electron chi connectivity index (χ4n) is 2.26. The predicted molar refractivity (Wildman–Crippen MR) is 88.4 cm³/mol. The van der Waals surface area contributed by atoms with E-state index in [9.17, 15) is 4.79 Å². The van der Waals surface area contributed by atoms with Crippen molar-refractivity contribution in [3.63, 3.8) is 0 Å². The number of aromatic nitrogens is 1. The Labute approximate surface area is 133 Å². The second kappa shape index (κ2) is 6.60. The van der Waals surface area contributed by atoms with Crippen molar-refractivity contribution < 1.29 is 14.3 Å². The first-order valence-electron chi connectivity index (χ1n) is 6.90. The Bertz CT molecular complexity index is 708. The van der Waals surface area contributed by atoms with Crippen LogP contribution in [0.25, 0.3) is 10.2 Å². The molecule has 2 rings (SSSR count). The zero-order chi connectivity index (χ0) is 16.4. The second-order valence-corrected chi connectivity index (χ2v) is 6.08. The summed E-state index contributed by atoms with van der Waals surface area (Å²) in [5.41, 5.74) is 9.79. The molecule has 120 valence electrons. The summed E-state index contributed by atoms with van der Waals surface area (Å²) < 4.78 is 10.1. The lowest BCUT2D eigenvalue weighted by Gasteiger charge is -2.13. The Morgan fingerprint density at radius 3 is 2.50 bits per heavy atom. The monoisotopic (exact) mass is 323 g/mol. The van der Waals surface area contributed by atoms with Gasteiger partial charge in [-0.15, -0.1) is 11.3 Å². The van der Waals surface area contributed by atoms with E-state index in [0.717, 1.165) is 27.0 Å². The lowest BCUT2D eigenvalue weighted by molar-refractivity contribution is -0.0974. The van der Waals surface area contributed by atoms with E-state index in [1.807, 2.05) is 20.8 Å². The highest BCUT2D eigenvalue weighted by Crippen LogP contribution is 2.36. The summed E-state index contributed by atoms with van der Waals surface area (Å²) in [7, 11) is 3.04. The van der Waals surface area contributed by atoms with Crippen LogP contribution in [0.2, 0.25) is 0 Å². The molecule has 6 nitrogen and oxygen atoms in total. The fraction of sp³-hybridized carbons (Fsp3) is 0.467. The molecule has 0 atom stereocenters. The van der Waals surface area contributed by atoms with Gasteiger partial charge >= 0.3 is 0 Å². The molecule has 0 radical (unpaired) electrons. The topological polar surface area (TPSA) is 86.5 Å². The summed E-state index contributed by atoms with van der Waals surface area (Å²) in [5, 5.41) is 3.63. The third-order valence-electron chi connectivity index (χ3n) is 3.84. The molecule has 0 aromatic carbocycles. The van der Waals surface area contributed by atoms with Gasteiger partial charge in [-0.3, -0.25) is 4.79 Å². The number of pyridine rings is 1. The fourth-order valence-corrected chi connectivity index (χ4v) is 3.37. The molecule has 0 bridgehead atoms.